The summed E-state index contributed by atoms with van der Waals surface area (Å²) in [6.07, 6.45) is 6.33. The van der Waals surface area contributed by atoms with E-state index in [9.17, 15) is 19.8 Å². The van der Waals surface area contributed by atoms with Crippen LogP contribution in [0.25, 0.3) is 0 Å². The molecule has 0 radical (unpaired) electrons. The topological polar surface area (TPSA) is 112 Å². The molecule has 4 saturated carbocycles. The van der Waals surface area contributed by atoms with Crippen LogP contribution in [-0.4, -0.2) is 67.6 Å². The third-order valence-electron chi connectivity index (χ3n) is 12.3. The zero-order valence-corrected chi connectivity index (χ0v) is 26.4. The summed E-state index contributed by atoms with van der Waals surface area (Å²) in [6, 6.07) is 9.24. The molecule has 2 N–H and O–H groups in total. The molecule has 8 nitrogen and oxygen atoms in total. The molecule has 1 aromatic carbocycles. The number of hydrogen-bond acceptors (Lipinski definition) is 7. The van der Waals surface area contributed by atoms with Crippen molar-refractivity contribution in [1.29, 1.82) is 0 Å². The van der Waals surface area contributed by atoms with Gasteiger partial charge in [0, 0.05) is 18.9 Å². The molecule has 4 aliphatic rings. The SMILES string of the molecule is COCCOCO[C@@H]1C[C@@H]2C[C@H](O)CC[C@]2(C)[C@H]2C[C@H](OC(=O)c3ccccc3)[C@]3(C)[C@@H]([C@H](C)CCC(=O)O)CC[C@H]3[C@H]12. The number of aliphatic carboxylic acids is 1. The molecular formula is C35H52O8. The zero-order chi connectivity index (χ0) is 30.8. The van der Waals surface area contributed by atoms with Gasteiger partial charge in [-0.1, -0.05) is 39.0 Å². The number of carbonyl (C=O) groups is 2. The van der Waals surface area contributed by atoms with Crippen molar-refractivity contribution in [2.24, 2.45) is 46.3 Å². The van der Waals surface area contributed by atoms with Gasteiger partial charge in [-0.15, -0.1) is 0 Å². The van der Waals surface area contributed by atoms with E-state index in [1.165, 1.54) is 0 Å². The lowest BCUT2D eigenvalue weighted by Gasteiger charge is -2.64. The zero-order valence-electron chi connectivity index (χ0n) is 26.4. The van der Waals surface area contributed by atoms with Gasteiger partial charge in [0.05, 0.1) is 31.0 Å². The predicted molar refractivity (Wildman–Crippen MR) is 161 cm³/mol. The van der Waals surface area contributed by atoms with Gasteiger partial charge in [0.1, 0.15) is 12.9 Å². The number of rotatable bonds is 12. The van der Waals surface area contributed by atoms with Crippen LogP contribution in [0.2, 0.25) is 0 Å². The summed E-state index contributed by atoms with van der Waals surface area (Å²) >= 11 is 0. The van der Waals surface area contributed by atoms with Crippen LogP contribution in [0.3, 0.4) is 0 Å². The number of aliphatic hydroxyl groups excluding tert-OH is 1. The first-order chi connectivity index (χ1) is 20.6. The van der Waals surface area contributed by atoms with E-state index in [2.05, 4.69) is 20.8 Å². The molecule has 1 aromatic rings. The summed E-state index contributed by atoms with van der Waals surface area (Å²) in [5.41, 5.74) is 0.271. The first-order valence-corrected chi connectivity index (χ1v) is 16.4. The van der Waals surface area contributed by atoms with Gasteiger partial charge in [0.15, 0.2) is 0 Å². The molecule has 0 aromatic heterocycles. The molecule has 43 heavy (non-hydrogen) atoms. The van der Waals surface area contributed by atoms with Gasteiger partial charge in [-0.2, -0.15) is 0 Å². The lowest BCUT2D eigenvalue weighted by molar-refractivity contribution is -0.232. The Balaban J connectivity index is 1.50. The summed E-state index contributed by atoms with van der Waals surface area (Å²) < 4.78 is 24.1. The molecule has 4 fully saturated rings. The number of esters is 1. The van der Waals surface area contributed by atoms with Gasteiger partial charge in [-0.25, -0.2) is 4.79 Å². The number of ether oxygens (including phenoxy) is 4. The van der Waals surface area contributed by atoms with E-state index in [4.69, 9.17) is 18.9 Å². The largest absolute Gasteiger partial charge is 0.481 e. The molecule has 0 aliphatic heterocycles. The average Bonchev–Trinajstić information content (AvgIpc) is 3.35. The highest BCUT2D eigenvalue weighted by Crippen LogP contribution is 2.69. The highest BCUT2D eigenvalue weighted by molar-refractivity contribution is 5.89. The van der Waals surface area contributed by atoms with Crippen molar-refractivity contribution in [1.82, 2.24) is 0 Å². The molecule has 0 bridgehead atoms. The number of fused-ring (bicyclic) bond motifs is 5. The molecule has 4 aliphatic carbocycles. The Bertz CT molecular complexity index is 1090. The summed E-state index contributed by atoms with van der Waals surface area (Å²) in [4.78, 5) is 25.1. The maximum atomic E-state index is 13.6. The summed E-state index contributed by atoms with van der Waals surface area (Å²) in [5, 5.41) is 20.2. The van der Waals surface area contributed by atoms with Crippen LogP contribution in [0.4, 0.5) is 0 Å². The van der Waals surface area contributed by atoms with Crippen molar-refractivity contribution in [2.75, 3.05) is 27.1 Å². The van der Waals surface area contributed by atoms with Crippen LogP contribution in [-0.2, 0) is 23.7 Å². The Kier molecular flexibility index (Phi) is 10.2. The molecule has 0 unspecified atom stereocenters. The van der Waals surface area contributed by atoms with Gasteiger partial charge < -0.3 is 29.2 Å². The minimum atomic E-state index is -0.769. The normalized spacial score (nSPS) is 39.3. The molecule has 11 atom stereocenters. The summed E-state index contributed by atoms with van der Waals surface area (Å²) in [5.74, 6) is 0.517. The fourth-order valence-electron chi connectivity index (χ4n) is 10.1. The Labute approximate surface area is 256 Å². The molecule has 240 valence electrons. The van der Waals surface area contributed by atoms with Crippen molar-refractivity contribution >= 4 is 11.9 Å². The first-order valence-electron chi connectivity index (χ1n) is 16.4. The fraction of sp³-hybridized carbons (Fsp3) is 0.771. The Morgan fingerprint density at radius 2 is 1.79 bits per heavy atom. The molecule has 5 rings (SSSR count). The third kappa shape index (κ3) is 6.40. The van der Waals surface area contributed by atoms with E-state index in [1.807, 2.05) is 30.3 Å². The molecule has 0 heterocycles. The third-order valence-corrected chi connectivity index (χ3v) is 12.3. The fourth-order valence-corrected chi connectivity index (χ4v) is 10.1. The van der Waals surface area contributed by atoms with Gasteiger partial charge in [0.25, 0.3) is 0 Å². The Hall–Kier alpha value is -2.00. The Morgan fingerprint density at radius 3 is 2.51 bits per heavy atom. The molecule has 0 amide bonds. The summed E-state index contributed by atoms with van der Waals surface area (Å²) in [6.45, 7) is 8.10. The van der Waals surface area contributed by atoms with E-state index in [0.29, 0.717) is 31.1 Å². The highest BCUT2D eigenvalue weighted by Gasteiger charge is 2.67. The van der Waals surface area contributed by atoms with Crippen molar-refractivity contribution in [3.63, 3.8) is 0 Å². The predicted octanol–water partition coefficient (Wildman–Crippen LogP) is 5.96. The number of carboxylic acid groups (broad SMARTS) is 1. The number of methoxy groups -OCH3 is 1. The molecular weight excluding hydrogens is 548 g/mol. The van der Waals surface area contributed by atoms with Crippen LogP contribution in [0.15, 0.2) is 30.3 Å². The number of aliphatic hydroxyl groups is 1. The van der Waals surface area contributed by atoms with Crippen LogP contribution < -0.4 is 0 Å². The van der Waals surface area contributed by atoms with Crippen molar-refractivity contribution in [2.45, 2.75) is 96.9 Å². The van der Waals surface area contributed by atoms with Crippen molar-refractivity contribution in [3.8, 4) is 0 Å². The van der Waals surface area contributed by atoms with Gasteiger partial charge in [-0.05, 0) is 104 Å². The van der Waals surface area contributed by atoms with Gasteiger partial charge in [0.2, 0.25) is 0 Å². The van der Waals surface area contributed by atoms with Crippen LogP contribution in [0.5, 0.6) is 0 Å². The number of benzene rings is 1. The maximum Gasteiger partial charge on any atom is 0.338 e. The number of carboxylic acids is 1. The lowest BCUT2D eigenvalue weighted by Crippen LogP contribution is -2.63. The van der Waals surface area contributed by atoms with Gasteiger partial charge in [-0.3, -0.25) is 4.79 Å². The van der Waals surface area contributed by atoms with Gasteiger partial charge >= 0.3 is 11.9 Å². The van der Waals surface area contributed by atoms with Crippen LogP contribution >= 0.6 is 0 Å². The van der Waals surface area contributed by atoms with E-state index < -0.39 is 5.97 Å². The van der Waals surface area contributed by atoms with Crippen LogP contribution in [0, 0.1) is 46.3 Å². The van der Waals surface area contributed by atoms with E-state index in [1.54, 1.807) is 7.11 Å². The van der Waals surface area contributed by atoms with E-state index in [0.717, 1.165) is 44.9 Å². The quantitative estimate of drug-likeness (QED) is 0.172. The molecule has 0 spiro atoms. The summed E-state index contributed by atoms with van der Waals surface area (Å²) in [7, 11) is 1.66. The second-order valence-corrected chi connectivity index (χ2v) is 14.3. The number of hydrogen-bond donors (Lipinski definition) is 2. The second kappa shape index (κ2) is 13.6. The minimum Gasteiger partial charge on any atom is -0.481 e. The number of carbonyl (C=O) groups excluding carboxylic acids is 1. The smallest absolute Gasteiger partial charge is 0.338 e. The highest BCUT2D eigenvalue weighted by atomic mass is 16.7. The second-order valence-electron chi connectivity index (χ2n) is 14.3. The van der Waals surface area contributed by atoms with Crippen molar-refractivity contribution in [3.05, 3.63) is 35.9 Å². The maximum absolute atomic E-state index is 13.6. The van der Waals surface area contributed by atoms with Crippen LogP contribution in [0.1, 0.15) is 88.9 Å². The first kappa shape index (κ1) is 32.4. The van der Waals surface area contributed by atoms with Crippen molar-refractivity contribution < 1.29 is 38.7 Å². The standard InChI is InChI=1S/C35H52O8/c1-22(10-13-31(37)38)26-11-12-27-32-28(20-30(35(26,27)3)43-33(39)23-8-6-5-7-9-23)34(2)15-14-25(36)18-24(34)19-29(32)42-21-41-17-16-40-4/h5-9,22,24-30,32,36H,10-21H2,1-4H3,(H,37,38)/t22-,24+,25-,26-,27+,28+,29-,30+,32+,34+,35-/m1/s1. The van der Waals surface area contributed by atoms with E-state index in [-0.39, 0.29) is 77.9 Å². The lowest BCUT2D eigenvalue weighted by atomic mass is 9.43. The molecule has 8 heteroatoms. The Morgan fingerprint density at radius 1 is 1.02 bits per heavy atom. The average molecular weight is 601 g/mol. The minimum absolute atomic E-state index is 0.0147. The monoisotopic (exact) mass is 600 g/mol. The molecule has 0 saturated heterocycles. The van der Waals surface area contributed by atoms with E-state index >= 15 is 0 Å².